The molecule has 0 spiro atoms. The van der Waals surface area contributed by atoms with Crippen molar-refractivity contribution in [3.63, 3.8) is 0 Å². The number of rotatable bonds is 8. The second kappa shape index (κ2) is 8.44. The topological polar surface area (TPSA) is 102 Å². The Bertz CT molecular complexity index is 437. The molecule has 7 nitrogen and oxygen atoms in total. The van der Waals surface area contributed by atoms with Crippen molar-refractivity contribution >= 4 is 11.6 Å². The molecule has 1 rings (SSSR count). The van der Waals surface area contributed by atoms with Crippen LogP contribution in [0.5, 0.6) is 0 Å². The Balaban J connectivity index is 2.67. The Labute approximate surface area is 119 Å². The van der Waals surface area contributed by atoms with Gasteiger partial charge in [0.05, 0.1) is 11.9 Å². The molecule has 0 unspecified atom stereocenters. The van der Waals surface area contributed by atoms with Crippen LogP contribution in [0.4, 0.5) is 5.69 Å². The van der Waals surface area contributed by atoms with Gasteiger partial charge in [0.25, 0.3) is 5.91 Å². The molecule has 0 bridgehead atoms. The van der Waals surface area contributed by atoms with E-state index < -0.39 is 0 Å². The molecule has 20 heavy (non-hydrogen) atoms. The van der Waals surface area contributed by atoms with Crippen LogP contribution >= 0.6 is 0 Å². The lowest BCUT2D eigenvalue weighted by Gasteiger charge is -2.11. The third-order valence-corrected chi connectivity index (χ3v) is 2.65. The predicted molar refractivity (Wildman–Crippen MR) is 77.4 cm³/mol. The lowest BCUT2D eigenvalue weighted by molar-refractivity contribution is 0.0939. The molecule has 1 aromatic heterocycles. The number of nitrogens with zero attached hydrogens (tertiary/aromatic N) is 2. The Morgan fingerprint density at radius 1 is 1.50 bits per heavy atom. The highest BCUT2D eigenvalue weighted by Crippen LogP contribution is 2.15. The first-order valence-electron chi connectivity index (χ1n) is 6.79. The van der Waals surface area contributed by atoms with Crippen molar-refractivity contribution < 1.29 is 9.53 Å². The van der Waals surface area contributed by atoms with Gasteiger partial charge in [-0.2, -0.15) is 0 Å². The summed E-state index contributed by atoms with van der Waals surface area (Å²) in [6, 6.07) is 0. The maximum Gasteiger partial charge on any atom is 0.272 e. The van der Waals surface area contributed by atoms with E-state index in [0.29, 0.717) is 31.3 Å². The normalized spacial score (nSPS) is 10.7. The smallest absolute Gasteiger partial charge is 0.272 e. The third-order valence-electron chi connectivity index (χ3n) is 2.65. The fourth-order valence-corrected chi connectivity index (χ4v) is 1.56. The predicted octanol–water partition coefficient (Wildman–Crippen LogP) is 1.04. The minimum absolute atomic E-state index is 0.145. The average molecular weight is 281 g/mol. The van der Waals surface area contributed by atoms with Gasteiger partial charge in [0.1, 0.15) is 5.82 Å². The maximum atomic E-state index is 12.1. The Morgan fingerprint density at radius 3 is 2.85 bits per heavy atom. The molecule has 0 saturated carbocycles. The number of ether oxygens (including phenoxy) is 1. The third kappa shape index (κ3) is 4.75. The number of nitrogens with two attached hydrogens (primary N) is 1. The van der Waals surface area contributed by atoms with Crippen LogP contribution in [0.1, 0.15) is 49.4 Å². The number of carbonyl (C=O) groups is 1. The Hall–Kier alpha value is -1.73. The van der Waals surface area contributed by atoms with E-state index in [1.165, 1.54) is 6.20 Å². The van der Waals surface area contributed by atoms with Crippen molar-refractivity contribution in [2.24, 2.45) is 5.84 Å². The molecule has 0 fully saturated rings. The monoisotopic (exact) mass is 281 g/mol. The summed E-state index contributed by atoms with van der Waals surface area (Å²) >= 11 is 0. The van der Waals surface area contributed by atoms with Gasteiger partial charge in [0.2, 0.25) is 0 Å². The Kier molecular flexibility index (Phi) is 6.89. The summed E-state index contributed by atoms with van der Waals surface area (Å²) in [5.41, 5.74) is 3.12. The number of nitrogen functional groups attached to an aromatic ring is 1. The summed E-state index contributed by atoms with van der Waals surface area (Å²) in [6.07, 6.45) is 2.28. The SMILES string of the molecule is CCOCCCNC(=O)c1nc(C(C)C)ncc1NN. The van der Waals surface area contributed by atoms with Crippen LogP contribution < -0.4 is 16.6 Å². The van der Waals surface area contributed by atoms with E-state index >= 15 is 0 Å². The van der Waals surface area contributed by atoms with Gasteiger partial charge in [-0.05, 0) is 13.3 Å². The zero-order valence-corrected chi connectivity index (χ0v) is 12.3. The molecule has 1 aromatic rings. The van der Waals surface area contributed by atoms with Crippen molar-refractivity contribution in [2.45, 2.75) is 33.1 Å². The van der Waals surface area contributed by atoms with E-state index in [1.54, 1.807) is 0 Å². The quantitative estimate of drug-likeness (QED) is 0.374. The fraction of sp³-hybridized carbons (Fsp3) is 0.615. The van der Waals surface area contributed by atoms with E-state index in [2.05, 4.69) is 20.7 Å². The van der Waals surface area contributed by atoms with Gasteiger partial charge in [-0.1, -0.05) is 13.8 Å². The molecule has 7 heteroatoms. The molecule has 112 valence electrons. The first-order chi connectivity index (χ1) is 9.60. The van der Waals surface area contributed by atoms with Crippen molar-refractivity contribution in [1.29, 1.82) is 0 Å². The summed E-state index contributed by atoms with van der Waals surface area (Å²) in [4.78, 5) is 20.5. The molecule has 4 N–H and O–H groups in total. The van der Waals surface area contributed by atoms with Crippen LogP contribution in [0.2, 0.25) is 0 Å². The van der Waals surface area contributed by atoms with Gasteiger partial charge in [0, 0.05) is 25.7 Å². The highest BCUT2D eigenvalue weighted by Gasteiger charge is 2.15. The van der Waals surface area contributed by atoms with E-state index in [9.17, 15) is 4.79 Å². The molecule has 0 radical (unpaired) electrons. The summed E-state index contributed by atoms with van der Waals surface area (Å²) in [5, 5.41) is 2.79. The molecule has 1 heterocycles. The van der Waals surface area contributed by atoms with Crippen LogP contribution in [0.25, 0.3) is 0 Å². The van der Waals surface area contributed by atoms with Gasteiger partial charge in [-0.25, -0.2) is 9.97 Å². The van der Waals surface area contributed by atoms with Gasteiger partial charge >= 0.3 is 0 Å². The van der Waals surface area contributed by atoms with Gasteiger partial charge in [-0.3, -0.25) is 10.6 Å². The molecule has 0 aliphatic heterocycles. The highest BCUT2D eigenvalue weighted by atomic mass is 16.5. The lowest BCUT2D eigenvalue weighted by Crippen LogP contribution is -2.28. The van der Waals surface area contributed by atoms with E-state index in [1.807, 2.05) is 20.8 Å². The zero-order valence-electron chi connectivity index (χ0n) is 12.3. The molecular formula is C13H23N5O2. The van der Waals surface area contributed by atoms with Crippen molar-refractivity contribution in [2.75, 3.05) is 25.2 Å². The number of hydrogen-bond donors (Lipinski definition) is 3. The summed E-state index contributed by atoms with van der Waals surface area (Å²) < 4.78 is 5.21. The fourth-order valence-electron chi connectivity index (χ4n) is 1.56. The number of amides is 1. The largest absolute Gasteiger partial charge is 0.382 e. The number of aromatic nitrogens is 2. The molecular weight excluding hydrogens is 258 g/mol. The molecule has 0 aliphatic carbocycles. The minimum atomic E-state index is -0.265. The van der Waals surface area contributed by atoms with Gasteiger partial charge < -0.3 is 15.5 Å². The average Bonchev–Trinajstić information content (AvgIpc) is 2.46. The molecule has 0 atom stereocenters. The van der Waals surface area contributed by atoms with Crippen molar-refractivity contribution in [3.05, 3.63) is 17.7 Å². The number of carbonyl (C=O) groups excluding carboxylic acids is 1. The van der Waals surface area contributed by atoms with Crippen LogP contribution in [-0.2, 0) is 4.74 Å². The molecule has 0 saturated heterocycles. The van der Waals surface area contributed by atoms with Crippen molar-refractivity contribution in [1.82, 2.24) is 15.3 Å². The van der Waals surface area contributed by atoms with Crippen LogP contribution in [-0.4, -0.2) is 35.6 Å². The van der Waals surface area contributed by atoms with E-state index in [4.69, 9.17) is 10.6 Å². The molecule has 0 aliphatic rings. The van der Waals surface area contributed by atoms with Crippen molar-refractivity contribution in [3.8, 4) is 0 Å². The van der Waals surface area contributed by atoms with E-state index in [-0.39, 0.29) is 17.5 Å². The standard InChI is InChI=1S/C13H23N5O2/c1-4-20-7-5-6-15-13(19)11-10(18-14)8-16-12(17-11)9(2)3/h8-9,18H,4-7,14H2,1-3H3,(H,15,19). The lowest BCUT2D eigenvalue weighted by atomic mass is 10.2. The summed E-state index contributed by atoms with van der Waals surface area (Å²) in [5.74, 6) is 5.87. The Morgan fingerprint density at radius 2 is 2.25 bits per heavy atom. The van der Waals surface area contributed by atoms with Crippen LogP contribution in [0.15, 0.2) is 6.20 Å². The van der Waals surface area contributed by atoms with E-state index in [0.717, 1.165) is 6.42 Å². The first kappa shape index (κ1) is 16.3. The number of hydrogen-bond acceptors (Lipinski definition) is 6. The summed E-state index contributed by atoms with van der Waals surface area (Å²) in [6.45, 7) is 7.71. The highest BCUT2D eigenvalue weighted by molar-refractivity contribution is 5.97. The number of nitrogens with one attached hydrogen (secondary N) is 2. The summed E-state index contributed by atoms with van der Waals surface area (Å²) in [7, 11) is 0. The second-order valence-electron chi connectivity index (χ2n) is 4.60. The first-order valence-corrected chi connectivity index (χ1v) is 6.79. The van der Waals surface area contributed by atoms with Crippen LogP contribution in [0, 0.1) is 0 Å². The molecule has 0 aromatic carbocycles. The van der Waals surface area contributed by atoms with Gasteiger partial charge in [0.15, 0.2) is 5.69 Å². The maximum absolute atomic E-state index is 12.1. The second-order valence-corrected chi connectivity index (χ2v) is 4.60. The van der Waals surface area contributed by atoms with Crippen LogP contribution in [0.3, 0.4) is 0 Å². The minimum Gasteiger partial charge on any atom is -0.382 e. The zero-order chi connectivity index (χ0) is 15.0. The number of anilines is 1. The number of hydrazine groups is 1. The van der Waals surface area contributed by atoms with Gasteiger partial charge in [-0.15, -0.1) is 0 Å². The molecule has 1 amide bonds.